The lowest BCUT2D eigenvalue weighted by molar-refractivity contribution is 1.29. The Morgan fingerprint density at radius 3 is 1.64 bits per heavy atom. The summed E-state index contributed by atoms with van der Waals surface area (Å²) in [6, 6.07) is 60.9. The van der Waals surface area contributed by atoms with Gasteiger partial charge in [0, 0.05) is 17.1 Å². The molecule has 0 radical (unpaired) electrons. The molecule has 0 fully saturated rings. The minimum atomic E-state index is 0.192. The summed E-state index contributed by atoms with van der Waals surface area (Å²) in [5, 5.41) is 7.26. The summed E-state index contributed by atoms with van der Waals surface area (Å²) in [5.41, 5.74) is 6.78. The molecule has 0 saturated heterocycles. The second-order valence-electron chi connectivity index (χ2n) is 11.3. The predicted octanol–water partition coefficient (Wildman–Crippen LogP) is 12.5. The lowest BCUT2D eigenvalue weighted by Gasteiger charge is -2.26. The molecule has 0 aromatic heterocycles. The molecule has 0 saturated carbocycles. The van der Waals surface area contributed by atoms with Crippen LogP contribution < -0.4 is 4.90 Å². The first-order valence-corrected chi connectivity index (χ1v) is 15.3. The molecule has 1 nitrogen and oxygen atoms in total. The highest BCUT2D eigenvalue weighted by molar-refractivity contribution is 6.13. The number of hydrogen-bond donors (Lipinski definition) is 0. The van der Waals surface area contributed by atoms with Crippen LogP contribution in [0.1, 0.15) is 13.9 Å². The van der Waals surface area contributed by atoms with Gasteiger partial charge in [0.05, 0.1) is 2.74 Å². The molecular formula is C44H31N. The minimum Gasteiger partial charge on any atom is -0.310 e. The summed E-state index contributed by atoms with van der Waals surface area (Å²) < 4.78 is 17.9. The highest BCUT2D eigenvalue weighted by Crippen LogP contribution is 2.37. The average molecular weight is 576 g/mol. The van der Waals surface area contributed by atoms with Gasteiger partial charge in [0.15, 0.2) is 0 Å². The van der Waals surface area contributed by atoms with Gasteiger partial charge in [-0.05, 0) is 97.0 Å². The van der Waals surface area contributed by atoms with E-state index >= 15 is 0 Å². The Labute approximate surface area is 266 Å². The third-order valence-corrected chi connectivity index (χ3v) is 8.45. The SMILES string of the molecule is [2H]/C(=C(/[2H])c1ccc(N(c2ccccc2)c2ccc3ccccc3c2)cc1)c1ccc(-c2cc3ccccc3c3ccccc23)cc1. The van der Waals surface area contributed by atoms with Crippen LogP contribution in [-0.4, -0.2) is 0 Å². The molecule has 1 heteroatoms. The molecule has 0 amide bonds. The van der Waals surface area contributed by atoms with Gasteiger partial charge in [0.2, 0.25) is 0 Å². The fourth-order valence-electron chi connectivity index (χ4n) is 6.20. The maximum Gasteiger partial charge on any atom is 0.0629 e. The van der Waals surface area contributed by atoms with E-state index in [9.17, 15) is 0 Å². The molecule has 0 bridgehead atoms. The number of hydrogen-bond acceptors (Lipinski definition) is 1. The Bertz CT molecular complexity index is 2410. The van der Waals surface area contributed by atoms with E-state index in [1.54, 1.807) is 0 Å². The van der Waals surface area contributed by atoms with Crippen LogP contribution in [0.25, 0.3) is 55.5 Å². The highest BCUT2D eigenvalue weighted by atomic mass is 15.1. The van der Waals surface area contributed by atoms with Gasteiger partial charge in [-0.1, -0.05) is 146 Å². The van der Waals surface area contributed by atoms with E-state index in [0.717, 1.165) is 33.8 Å². The van der Waals surface area contributed by atoms with Gasteiger partial charge in [0.1, 0.15) is 0 Å². The van der Waals surface area contributed by atoms with Crippen LogP contribution in [0.3, 0.4) is 0 Å². The van der Waals surface area contributed by atoms with E-state index in [1.165, 1.54) is 32.3 Å². The van der Waals surface area contributed by atoms with E-state index in [1.807, 2.05) is 54.6 Å². The molecular weight excluding hydrogens is 542 g/mol. The van der Waals surface area contributed by atoms with E-state index < -0.39 is 0 Å². The molecule has 0 aliphatic carbocycles. The third-order valence-electron chi connectivity index (χ3n) is 8.45. The van der Waals surface area contributed by atoms with Crippen molar-refractivity contribution in [3.63, 3.8) is 0 Å². The first-order valence-electron chi connectivity index (χ1n) is 16.3. The molecule has 8 aromatic rings. The van der Waals surface area contributed by atoms with Gasteiger partial charge in [0.25, 0.3) is 0 Å². The summed E-state index contributed by atoms with van der Waals surface area (Å²) in [5.74, 6) is 0. The molecule has 0 aliphatic heterocycles. The largest absolute Gasteiger partial charge is 0.310 e. The van der Waals surface area contributed by atoms with Gasteiger partial charge in [-0.3, -0.25) is 0 Å². The topological polar surface area (TPSA) is 3.24 Å². The smallest absolute Gasteiger partial charge is 0.0629 e. The van der Waals surface area contributed by atoms with Crippen LogP contribution in [0, 0.1) is 0 Å². The molecule has 45 heavy (non-hydrogen) atoms. The number of rotatable bonds is 6. The van der Waals surface area contributed by atoms with Crippen LogP contribution in [0.2, 0.25) is 0 Å². The molecule has 0 aliphatic rings. The zero-order valence-corrected chi connectivity index (χ0v) is 24.7. The Balaban J connectivity index is 1.12. The van der Waals surface area contributed by atoms with Crippen molar-refractivity contribution >= 4 is 61.5 Å². The summed E-state index contributed by atoms with van der Waals surface area (Å²) >= 11 is 0. The fourth-order valence-corrected chi connectivity index (χ4v) is 6.20. The number of benzene rings is 8. The normalized spacial score (nSPS) is 12.5. The Kier molecular flexibility index (Phi) is 6.34. The zero-order valence-electron chi connectivity index (χ0n) is 26.7. The van der Waals surface area contributed by atoms with Gasteiger partial charge >= 0.3 is 0 Å². The minimum absolute atomic E-state index is 0.192. The number of nitrogens with zero attached hydrogens (tertiary/aromatic N) is 1. The molecule has 0 spiro atoms. The van der Waals surface area contributed by atoms with Crippen molar-refractivity contribution in [2.45, 2.75) is 0 Å². The van der Waals surface area contributed by atoms with Crippen molar-refractivity contribution in [2.24, 2.45) is 0 Å². The van der Waals surface area contributed by atoms with Gasteiger partial charge < -0.3 is 4.90 Å². The first-order chi connectivity index (χ1) is 23.1. The lowest BCUT2D eigenvalue weighted by atomic mass is 9.93. The predicted molar refractivity (Wildman–Crippen MR) is 194 cm³/mol. The summed E-state index contributed by atoms with van der Waals surface area (Å²) in [6.07, 6.45) is 0. The summed E-state index contributed by atoms with van der Waals surface area (Å²) in [4.78, 5) is 2.22. The quantitative estimate of drug-likeness (QED) is 0.141. The van der Waals surface area contributed by atoms with Crippen molar-refractivity contribution in [1.29, 1.82) is 0 Å². The van der Waals surface area contributed by atoms with E-state index in [0.29, 0.717) is 5.56 Å². The van der Waals surface area contributed by atoms with Crippen molar-refractivity contribution < 1.29 is 2.74 Å². The van der Waals surface area contributed by atoms with Crippen molar-refractivity contribution in [3.8, 4) is 11.1 Å². The summed E-state index contributed by atoms with van der Waals surface area (Å²) in [6.45, 7) is 0. The standard InChI is InChI=1S/C44H31N/c1-2-13-38(14-3-1)45(40-29-26-34-10-4-5-11-36(34)30-40)39-27-22-33(23-28-39)19-18-32-20-24-35(25-21-32)44-31-37-12-6-7-15-41(37)42-16-8-9-17-43(42)44/h1-31H/b19-18+/i18D,19D. The van der Waals surface area contributed by atoms with E-state index in [2.05, 4.69) is 126 Å². The van der Waals surface area contributed by atoms with Crippen molar-refractivity contribution in [1.82, 2.24) is 0 Å². The van der Waals surface area contributed by atoms with Crippen molar-refractivity contribution in [3.05, 3.63) is 187 Å². The molecule has 212 valence electrons. The third kappa shape index (κ3) is 5.26. The maximum absolute atomic E-state index is 8.95. The van der Waals surface area contributed by atoms with Crippen LogP contribution in [0.15, 0.2) is 176 Å². The Morgan fingerprint density at radius 2 is 0.911 bits per heavy atom. The van der Waals surface area contributed by atoms with Gasteiger partial charge in [-0.15, -0.1) is 0 Å². The monoisotopic (exact) mass is 575 g/mol. The molecule has 8 rings (SSSR count). The second-order valence-corrected chi connectivity index (χ2v) is 11.3. The Hall–Kier alpha value is -5.92. The first kappa shape index (κ1) is 24.5. The van der Waals surface area contributed by atoms with Crippen molar-refractivity contribution in [2.75, 3.05) is 4.90 Å². The number of anilines is 3. The van der Waals surface area contributed by atoms with E-state index in [4.69, 9.17) is 2.74 Å². The molecule has 0 heterocycles. The van der Waals surface area contributed by atoms with Crippen LogP contribution in [0.5, 0.6) is 0 Å². The number of fused-ring (bicyclic) bond motifs is 4. The van der Waals surface area contributed by atoms with Gasteiger partial charge in [-0.25, -0.2) is 0 Å². The molecule has 8 aromatic carbocycles. The lowest BCUT2D eigenvalue weighted by Crippen LogP contribution is -2.09. The molecule has 0 atom stereocenters. The molecule has 0 unspecified atom stereocenters. The number of para-hydroxylation sites is 1. The molecule has 0 N–H and O–H groups in total. The highest BCUT2D eigenvalue weighted by Gasteiger charge is 2.13. The zero-order chi connectivity index (χ0) is 31.7. The van der Waals surface area contributed by atoms with Crippen LogP contribution in [-0.2, 0) is 0 Å². The Morgan fingerprint density at radius 1 is 0.378 bits per heavy atom. The summed E-state index contributed by atoms with van der Waals surface area (Å²) in [7, 11) is 0. The van der Waals surface area contributed by atoms with Gasteiger partial charge in [-0.2, -0.15) is 0 Å². The van der Waals surface area contributed by atoms with Crippen LogP contribution >= 0.6 is 0 Å². The van der Waals surface area contributed by atoms with E-state index in [-0.39, 0.29) is 12.1 Å². The van der Waals surface area contributed by atoms with Crippen LogP contribution in [0.4, 0.5) is 17.1 Å². The average Bonchev–Trinajstić information content (AvgIpc) is 3.15. The fraction of sp³-hybridized carbons (Fsp3) is 0. The maximum atomic E-state index is 8.95. The second kappa shape index (κ2) is 11.6.